The molecule has 0 bridgehead atoms. The Bertz CT molecular complexity index is 414. The van der Waals surface area contributed by atoms with Gasteiger partial charge in [-0.2, -0.15) is 0 Å². The topological polar surface area (TPSA) is 39.7 Å². The fourth-order valence-electron chi connectivity index (χ4n) is 1.94. The molecule has 20 heavy (non-hydrogen) atoms. The smallest absolute Gasteiger partial charge is 0.191 e. The highest BCUT2D eigenvalue weighted by Gasteiger charge is 2.14. The number of aliphatic imine (C=N–C) groups is 1. The Hall–Kier alpha value is -1.62. The number of hydrogen-bond donors (Lipinski definition) is 2. The minimum absolute atomic E-state index is 0.163. The monoisotopic (exact) mass is 280 g/mol. The van der Waals surface area contributed by atoms with E-state index in [-0.39, 0.29) is 11.9 Å². The van der Waals surface area contributed by atoms with Crippen LogP contribution in [-0.2, 0) is 0 Å². The van der Waals surface area contributed by atoms with Crippen LogP contribution < -0.4 is 10.6 Å². The standard InChI is InChI=1S/C15H25FN4/c1-5-10-18-15(17-2)19-11-14(20(3)4)12-6-8-13(16)9-7-12/h6-9,14H,5,10-11H2,1-4H3,(H2,17,18,19). The van der Waals surface area contributed by atoms with Crippen LogP contribution in [-0.4, -0.2) is 45.1 Å². The van der Waals surface area contributed by atoms with Crippen LogP contribution >= 0.6 is 0 Å². The van der Waals surface area contributed by atoms with Crippen molar-refractivity contribution in [2.45, 2.75) is 19.4 Å². The molecule has 112 valence electrons. The molecule has 4 nitrogen and oxygen atoms in total. The van der Waals surface area contributed by atoms with Gasteiger partial charge in [-0.15, -0.1) is 0 Å². The zero-order chi connectivity index (χ0) is 15.0. The first-order valence-corrected chi connectivity index (χ1v) is 6.94. The summed E-state index contributed by atoms with van der Waals surface area (Å²) in [4.78, 5) is 6.29. The number of nitrogens with zero attached hydrogens (tertiary/aromatic N) is 2. The summed E-state index contributed by atoms with van der Waals surface area (Å²) in [6.45, 7) is 3.71. The summed E-state index contributed by atoms with van der Waals surface area (Å²) in [5.41, 5.74) is 1.08. The molecule has 1 unspecified atom stereocenters. The SMILES string of the molecule is CCCNC(=NC)NCC(c1ccc(F)cc1)N(C)C. The van der Waals surface area contributed by atoms with Crippen molar-refractivity contribution in [1.82, 2.24) is 15.5 Å². The Labute approximate surface area is 121 Å². The molecule has 0 aliphatic carbocycles. The zero-order valence-corrected chi connectivity index (χ0v) is 12.8. The highest BCUT2D eigenvalue weighted by atomic mass is 19.1. The third-order valence-corrected chi connectivity index (χ3v) is 3.11. The van der Waals surface area contributed by atoms with Crippen LogP contribution in [0.5, 0.6) is 0 Å². The summed E-state index contributed by atoms with van der Waals surface area (Å²) < 4.78 is 13.0. The summed E-state index contributed by atoms with van der Waals surface area (Å²) in [5, 5.41) is 6.54. The molecule has 1 atom stereocenters. The van der Waals surface area contributed by atoms with Gasteiger partial charge in [0.1, 0.15) is 5.82 Å². The minimum atomic E-state index is -0.209. The summed E-state index contributed by atoms with van der Waals surface area (Å²) in [7, 11) is 5.78. The van der Waals surface area contributed by atoms with Gasteiger partial charge >= 0.3 is 0 Å². The molecule has 0 spiro atoms. The Kier molecular flexibility index (Phi) is 7.01. The van der Waals surface area contributed by atoms with Gasteiger partial charge in [-0.3, -0.25) is 4.99 Å². The van der Waals surface area contributed by atoms with Crippen LogP contribution in [0.2, 0.25) is 0 Å². The molecule has 1 aromatic rings. The van der Waals surface area contributed by atoms with Gasteiger partial charge in [-0.05, 0) is 38.2 Å². The molecule has 0 aromatic heterocycles. The molecular formula is C15H25FN4. The first kappa shape index (κ1) is 16.4. The van der Waals surface area contributed by atoms with E-state index in [9.17, 15) is 4.39 Å². The number of benzene rings is 1. The van der Waals surface area contributed by atoms with Crippen molar-refractivity contribution in [3.8, 4) is 0 Å². The lowest BCUT2D eigenvalue weighted by Crippen LogP contribution is -2.41. The highest BCUT2D eigenvalue weighted by molar-refractivity contribution is 5.79. The van der Waals surface area contributed by atoms with Crippen LogP contribution in [0.4, 0.5) is 4.39 Å². The van der Waals surface area contributed by atoms with E-state index in [0.717, 1.165) is 24.5 Å². The predicted octanol–water partition coefficient (Wildman–Crippen LogP) is 2.00. The van der Waals surface area contributed by atoms with Gasteiger partial charge in [-0.1, -0.05) is 19.1 Å². The summed E-state index contributed by atoms with van der Waals surface area (Å²) >= 11 is 0. The predicted molar refractivity (Wildman–Crippen MR) is 82.5 cm³/mol. The number of guanidine groups is 1. The number of likely N-dealkylation sites (N-methyl/N-ethyl adjacent to an activating group) is 1. The second-order valence-corrected chi connectivity index (χ2v) is 4.91. The molecule has 0 saturated heterocycles. The fraction of sp³-hybridized carbons (Fsp3) is 0.533. The number of rotatable bonds is 6. The van der Waals surface area contributed by atoms with E-state index in [4.69, 9.17) is 0 Å². The second-order valence-electron chi connectivity index (χ2n) is 4.91. The van der Waals surface area contributed by atoms with Crippen molar-refractivity contribution in [2.24, 2.45) is 4.99 Å². The van der Waals surface area contributed by atoms with E-state index < -0.39 is 0 Å². The van der Waals surface area contributed by atoms with Crippen LogP contribution in [0.1, 0.15) is 24.9 Å². The van der Waals surface area contributed by atoms with Crippen LogP contribution in [0, 0.1) is 5.82 Å². The van der Waals surface area contributed by atoms with Gasteiger partial charge in [0.25, 0.3) is 0 Å². The van der Waals surface area contributed by atoms with Gasteiger partial charge < -0.3 is 15.5 Å². The van der Waals surface area contributed by atoms with Gasteiger partial charge in [-0.25, -0.2) is 4.39 Å². The molecule has 1 aromatic carbocycles. The maximum absolute atomic E-state index is 13.0. The lowest BCUT2D eigenvalue weighted by Gasteiger charge is -2.26. The Morgan fingerprint density at radius 3 is 2.40 bits per heavy atom. The zero-order valence-electron chi connectivity index (χ0n) is 12.8. The molecule has 0 aliphatic rings. The van der Waals surface area contributed by atoms with Crippen LogP contribution in [0.3, 0.4) is 0 Å². The highest BCUT2D eigenvalue weighted by Crippen LogP contribution is 2.17. The largest absolute Gasteiger partial charge is 0.356 e. The van der Waals surface area contributed by atoms with Crippen molar-refractivity contribution in [1.29, 1.82) is 0 Å². The van der Waals surface area contributed by atoms with Crippen LogP contribution in [0.25, 0.3) is 0 Å². The second kappa shape index (κ2) is 8.53. The van der Waals surface area contributed by atoms with Gasteiger partial charge in [0.2, 0.25) is 0 Å². The normalized spacial score (nSPS) is 13.4. The maximum Gasteiger partial charge on any atom is 0.191 e. The van der Waals surface area contributed by atoms with Crippen molar-refractivity contribution in [3.63, 3.8) is 0 Å². The molecule has 0 heterocycles. The average Bonchev–Trinajstić information content (AvgIpc) is 2.44. The molecular weight excluding hydrogens is 255 g/mol. The number of halogens is 1. The van der Waals surface area contributed by atoms with Crippen molar-refractivity contribution >= 4 is 5.96 Å². The quantitative estimate of drug-likeness (QED) is 0.618. The van der Waals surface area contributed by atoms with E-state index in [1.165, 1.54) is 12.1 Å². The van der Waals surface area contributed by atoms with Gasteiger partial charge in [0, 0.05) is 20.1 Å². The Morgan fingerprint density at radius 2 is 1.90 bits per heavy atom. The molecule has 5 heteroatoms. The third-order valence-electron chi connectivity index (χ3n) is 3.11. The first-order chi connectivity index (χ1) is 9.58. The molecule has 0 aliphatic heterocycles. The molecule has 2 N–H and O–H groups in total. The molecule has 0 radical (unpaired) electrons. The molecule has 0 fully saturated rings. The van der Waals surface area contributed by atoms with E-state index in [2.05, 4.69) is 27.4 Å². The summed E-state index contributed by atoms with van der Waals surface area (Å²) in [6, 6.07) is 6.80. The van der Waals surface area contributed by atoms with E-state index >= 15 is 0 Å². The lowest BCUT2D eigenvalue weighted by molar-refractivity contribution is 0.298. The van der Waals surface area contributed by atoms with Crippen molar-refractivity contribution in [3.05, 3.63) is 35.6 Å². The Balaban J connectivity index is 2.66. The van der Waals surface area contributed by atoms with E-state index in [1.807, 2.05) is 26.2 Å². The minimum Gasteiger partial charge on any atom is -0.356 e. The first-order valence-electron chi connectivity index (χ1n) is 6.94. The van der Waals surface area contributed by atoms with Crippen molar-refractivity contribution < 1.29 is 4.39 Å². The molecule has 0 saturated carbocycles. The summed E-state index contributed by atoms with van der Waals surface area (Å²) in [5.74, 6) is 0.584. The van der Waals surface area contributed by atoms with E-state index in [0.29, 0.717) is 6.54 Å². The lowest BCUT2D eigenvalue weighted by atomic mass is 10.1. The average molecular weight is 280 g/mol. The van der Waals surface area contributed by atoms with Gasteiger partial charge in [0.15, 0.2) is 5.96 Å². The number of nitrogens with one attached hydrogen (secondary N) is 2. The Morgan fingerprint density at radius 1 is 1.25 bits per heavy atom. The van der Waals surface area contributed by atoms with Gasteiger partial charge in [0.05, 0.1) is 6.04 Å². The molecule has 0 amide bonds. The number of hydrogen-bond acceptors (Lipinski definition) is 2. The van der Waals surface area contributed by atoms with Crippen molar-refractivity contribution in [2.75, 3.05) is 34.2 Å². The summed E-state index contributed by atoms with van der Waals surface area (Å²) in [6.07, 6.45) is 1.05. The molecule has 1 rings (SSSR count). The maximum atomic E-state index is 13.0. The van der Waals surface area contributed by atoms with Crippen LogP contribution in [0.15, 0.2) is 29.3 Å². The third kappa shape index (κ3) is 5.17. The van der Waals surface area contributed by atoms with E-state index in [1.54, 1.807) is 7.05 Å². The fourth-order valence-corrected chi connectivity index (χ4v) is 1.94.